The second-order valence-electron chi connectivity index (χ2n) is 5.93. The molecule has 118 valence electrons. The zero-order valence-corrected chi connectivity index (χ0v) is 13.5. The van der Waals surface area contributed by atoms with Crippen molar-refractivity contribution in [1.82, 2.24) is 10.5 Å². The van der Waals surface area contributed by atoms with Gasteiger partial charge in [-0.15, -0.1) is 11.3 Å². The molecule has 0 radical (unpaired) electrons. The molecule has 1 saturated carbocycles. The van der Waals surface area contributed by atoms with Crippen LogP contribution >= 0.6 is 11.3 Å². The number of amides is 1. The van der Waals surface area contributed by atoms with Gasteiger partial charge >= 0.3 is 0 Å². The summed E-state index contributed by atoms with van der Waals surface area (Å²) in [6.45, 7) is 3.67. The summed E-state index contributed by atoms with van der Waals surface area (Å²) in [5, 5.41) is 18.6. The molecular formula is C16H20N2O3S. The standard InChI is InChI=1S/C16H20N2O3S/c1-9-13(10(2)21-18-9)8-15(20)17-16(11-6-12(19)7-11)14-4-3-5-22-14/h3-5,11-12,16,19H,6-8H2,1-2H3,(H,17,20)/t11?,12?,16-/m1/s1. The summed E-state index contributed by atoms with van der Waals surface area (Å²) in [4.78, 5) is 13.6. The Kier molecular flexibility index (Phi) is 4.31. The van der Waals surface area contributed by atoms with Crippen LogP contribution < -0.4 is 5.32 Å². The van der Waals surface area contributed by atoms with Crippen LogP contribution in [0.2, 0.25) is 0 Å². The minimum atomic E-state index is -0.230. The Hall–Kier alpha value is -1.66. The van der Waals surface area contributed by atoms with Gasteiger partial charge in [0, 0.05) is 10.4 Å². The highest BCUT2D eigenvalue weighted by atomic mass is 32.1. The maximum Gasteiger partial charge on any atom is 0.225 e. The smallest absolute Gasteiger partial charge is 0.225 e. The summed E-state index contributed by atoms with van der Waals surface area (Å²) in [6, 6.07) is 4.01. The van der Waals surface area contributed by atoms with E-state index < -0.39 is 0 Å². The molecule has 1 aliphatic rings. The van der Waals surface area contributed by atoms with Crippen LogP contribution in [0.15, 0.2) is 22.0 Å². The van der Waals surface area contributed by atoms with Gasteiger partial charge in [0.2, 0.25) is 5.91 Å². The number of carbonyl (C=O) groups is 1. The zero-order chi connectivity index (χ0) is 15.7. The number of hydrogen-bond donors (Lipinski definition) is 2. The number of hydrogen-bond acceptors (Lipinski definition) is 5. The van der Waals surface area contributed by atoms with Crippen molar-refractivity contribution in [3.05, 3.63) is 39.4 Å². The van der Waals surface area contributed by atoms with E-state index in [0.29, 0.717) is 11.7 Å². The lowest BCUT2D eigenvalue weighted by atomic mass is 9.76. The van der Waals surface area contributed by atoms with E-state index in [1.807, 2.05) is 31.4 Å². The van der Waals surface area contributed by atoms with Gasteiger partial charge in [0.05, 0.1) is 24.3 Å². The average molecular weight is 320 g/mol. The van der Waals surface area contributed by atoms with Crippen molar-refractivity contribution in [2.75, 3.05) is 0 Å². The summed E-state index contributed by atoms with van der Waals surface area (Å²) >= 11 is 1.64. The van der Waals surface area contributed by atoms with Crippen LogP contribution in [0.1, 0.15) is 40.8 Å². The van der Waals surface area contributed by atoms with Crippen molar-refractivity contribution in [3.8, 4) is 0 Å². The average Bonchev–Trinajstić information content (AvgIpc) is 3.07. The second kappa shape index (κ2) is 6.22. The maximum atomic E-state index is 12.4. The van der Waals surface area contributed by atoms with Gasteiger partial charge in [0.15, 0.2) is 0 Å². The molecular weight excluding hydrogens is 300 g/mol. The van der Waals surface area contributed by atoms with Crippen LogP contribution in [-0.4, -0.2) is 22.3 Å². The van der Waals surface area contributed by atoms with Crippen LogP contribution in [0.25, 0.3) is 0 Å². The fraction of sp³-hybridized carbons (Fsp3) is 0.500. The van der Waals surface area contributed by atoms with Crippen LogP contribution in [0.3, 0.4) is 0 Å². The molecule has 1 aliphatic carbocycles. The molecule has 0 saturated heterocycles. The largest absolute Gasteiger partial charge is 0.393 e. The minimum Gasteiger partial charge on any atom is -0.393 e. The lowest BCUT2D eigenvalue weighted by Gasteiger charge is -2.37. The van der Waals surface area contributed by atoms with Crippen molar-refractivity contribution < 1.29 is 14.4 Å². The molecule has 2 N–H and O–H groups in total. The minimum absolute atomic E-state index is 0.0172. The maximum absolute atomic E-state index is 12.4. The van der Waals surface area contributed by atoms with Gasteiger partial charge in [-0.05, 0) is 44.1 Å². The number of aliphatic hydroxyl groups is 1. The quantitative estimate of drug-likeness (QED) is 0.887. The first-order chi connectivity index (χ1) is 10.5. The van der Waals surface area contributed by atoms with E-state index in [-0.39, 0.29) is 24.5 Å². The number of aryl methyl sites for hydroxylation is 2. The van der Waals surface area contributed by atoms with E-state index in [4.69, 9.17) is 4.52 Å². The summed E-state index contributed by atoms with van der Waals surface area (Å²) in [6.07, 6.45) is 1.53. The number of carbonyl (C=O) groups excluding carboxylic acids is 1. The van der Waals surface area contributed by atoms with Crippen LogP contribution in [0, 0.1) is 19.8 Å². The molecule has 2 aromatic rings. The molecule has 2 aromatic heterocycles. The molecule has 0 bridgehead atoms. The van der Waals surface area contributed by atoms with Gasteiger partial charge < -0.3 is 14.9 Å². The third-order valence-electron chi connectivity index (χ3n) is 4.31. The lowest BCUT2D eigenvalue weighted by Crippen LogP contribution is -2.41. The first-order valence-corrected chi connectivity index (χ1v) is 8.35. The number of aromatic nitrogens is 1. The molecule has 0 aromatic carbocycles. The van der Waals surface area contributed by atoms with Crippen molar-refractivity contribution in [3.63, 3.8) is 0 Å². The Morgan fingerprint density at radius 1 is 1.55 bits per heavy atom. The first-order valence-electron chi connectivity index (χ1n) is 7.47. The van der Waals surface area contributed by atoms with Crippen molar-refractivity contribution in [2.45, 2.75) is 45.3 Å². The molecule has 1 amide bonds. The predicted octanol–water partition coefficient (Wildman–Crippen LogP) is 2.52. The Balaban J connectivity index is 1.69. The Morgan fingerprint density at radius 3 is 2.86 bits per heavy atom. The third kappa shape index (κ3) is 3.08. The zero-order valence-electron chi connectivity index (χ0n) is 12.7. The predicted molar refractivity (Wildman–Crippen MR) is 83.6 cm³/mol. The van der Waals surface area contributed by atoms with E-state index in [2.05, 4.69) is 10.5 Å². The molecule has 6 heteroatoms. The molecule has 0 unspecified atom stereocenters. The van der Waals surface area contributed by atoms with Gasteiger partial charge in [-0.25, -0.2) is 0 Å². The number of nitrogens with one attached hydrogen (secondary N) is 1. The summed E-state index contributed by atoms with van der Waals surface area (Å²) in [5.74, 6) is 0.968. The molecule has 22 heavy (non-hydrogen) atoms. The first kappa shape index (κ1) is 15.2. The van der Waals surface area contributed by atoms with Crippen LogP contribution in [0.4, 0.5) is 0 Å². The molecule has 0 spiro atoms. The second-order valence-corrected chi connectivity index (χ2v) is 6.90. The molecule has 1 fully saturated rings. The lowest BCUT2D eigenvalue weighted by molar-refractivity contribution is -0.122. The van der Waals surface area contributed by atoms with Gasteiger partial charge in [0.25, 0.3) is 0 Å². The van der Waals surface area contributed by atoms with E-state index in [1.54, 1.807) is 11.3 Å². The Labute approximate surface area is 133 Å². The number of nitrogens with zero attached hydrogens (tertiary/aromatic N) is 1. The highest BCUT2D eigenvalue weighted by Gasteiger charge is 2.36. The van der Waals surface area contributed by atoms with E-state index >= 15 is 0 Å². The fourth-order valence-corrected chi connectivity index (χ4v) is 3.80. The van der Waals surface area contributed by atoms with E-state index in [9.17, 15) is 9.90 Å². The number of rotatable bonds is 5. The number of thiophene rings is 1. The summed E-state index contributed by atoms with van der Waals surface area (Å²) in [7, 11) is 0. The van der Waals surface area contributed by atoms with Crippen molar-refractivity contribution >= 4 is 17.2 Å². The Morgan fingerprint density at radius 2 is 2.32 bits per heavy atom. The monoisotopic (exact) mass is 320 g/mol. The van der Waals surface area contributed by atoms with Gasteiger partial charge in [0.1, 0.15) is 5.76 Å². The van der Waals surface area contributed by atoms with Crippen LogP contribution in [-0.2, 0) is 11.2 Å². The normalized spacial score (nSPS) is 22.1. The highest BCUT2D eigenvalue weighted by molar-refractivity contribution is 7.10. The van der Waals surface area contributed by atoms with Crippen molar-refractivity contribution in [1.29, 1.82) is 0 Å². The van der Waals surface area contributed by atoms with Crippen molar-refractivity contribution in [2.24, 2.45) is 5.92 Å². The van der Waals surface area contributed by atoms with Gasteiger partial charge in [-0.3, -0.25) is 4.79 Å². The summed E-state index contributed by atoms with van der Waals surface area (Å²) in [5.41, 5.74) is 1.62. The molecule has 3 rings (SSSR count). The number of aliphatic hydroxyl groups excluding tert-OH is 1. The highest BCUT2D eigenvalue weighted by Crippen LogP contribution is 2.39. The van der Waals surface area contributed by atoms with Gasteiger partial charge in [-0.2, -0.15) is 0 Å². The molecule has 5 nitrogen and oxygen atoms in total. The molecule has 1 atom stereocenters. The third-order valence-corrected chi connectivity index (χ3v) is 5.26. The molecule has 2 heterocycles. The fourth-order valence-electron chi connectivity index (χ4n) is 2.93. The SMILES string of the molecule is Cc1noc(C)c1CC(=O)N[C@@H](c1cccs1)C1CC(O)C1. The van der Waals surface area contributed by atoms with Crippen LogP contribution in [0.5, 0.6) is 0 Å². The Bertz CT molecular complexity index is 625. The van der Waals surface area contributed by atoms with E-state index in [0.717, 1.165) is 29.0 Å². The van der Waals surface area contributed by atoms with E-state index in [1.165, 1.54) is 0 Å². The molecule has 0 aliphatic heterocycles. The topological polar surface area (TPSA) is 75.4 Å². The van der Waals surface area contributed by atoms with Gasteiger partial charge in [-0.1, -0.05) is 11.2 Å². The summed E-state index contributed by atoms with van der Waals surface area (Å²) < 4.78 is 5.11.